The molecule has 1 aromatic carbocycles. The Hall–Kier alpha value is -2.23. The first-order valence-corrected chi connectivity index (χ1v) is 11.7. The summed E-state index contributed by atoms with van der Waals surface area (Å²) >= 11 is 11.8. The number of carbonyl (C=O) groups is 2. The Balaban J connectivity index is 1.65. The van der Waals surface area contributed by atoms with E-state index in [9.17, 15) is 27.5 Å². The van der Waals surface area contributed by atoms with Crippen molar-refractivity contribution in [2.24, 2.45) is 0 Å². The van der Waals surface area contributed by atoms with Crippen molar-refractivity contribution in [1.82, 2.24) is 9.88 Å². The molecule has 1 N–H and O–H groups in total. The third-order valence-corrected chi connectivity index (χ3v) is 8.72. The molecule has 11 heteroatoms. The highest BCUT2D eigenvalue weighted by Crippen LogP contribution is 2.50. The Morgan fingerprint density at radius 1 is 1.19 bits per heavy atom. The van der Waals surface area contributed by atoms with Crippen LogP contribution in [0.1, 0.15) is 24.8 Å². The van der Waals surface area contributed by atoms with Crippen LogP contribution in [-0.4, -0.2) is 53.1 Å². The molecular formula is C20H17Cl2FN2O5S. The standard InChI is InChI=1S/C20H17Cl2FN2O5S/c21-14-7-12(23)2-3-16(14)31(29,30)13-8-15(18(26)27)25(10-13)19(28)20(5-6-20)11-1-4-17(22)24-9-11/h1-4,7,9,13,15H,5-6,8,10H2,(H,26,27)/t13-,15+/m1/s1. The third kappa shape index (κ3) is 3.79. The van der Waals surface area contributed by atoms with Gasteiger partial charge in [-0.2, -0.15) is 0 Å². The highest BCUT2D eigenvalue weighted by Gasteiger charge is 2.57. The number of benzene rings is 1. The van der Waals surface area contributed by atoms with E-state index in [2.05, 4.69) is 4.98 Å². The Morgan fingerprint density at radius 3 is 2.45 bits per heavy atom. The van der Waals surface area contributed by atoms with Gasteiger partial charge in [-0.1, -0.05) is 29.3 Å². The second-order valence-corrected chi connectivity index (χ2v) is 10.7. The number of nitrogens with zero attached hydrogens (tertiary/aromatic N) is 2. The van der Waals surface area contributed by atoms with E-state index >= 15 is 0 Å². The van der Waals surface area contributed by atoms with Gasteiger partial charge in [0.1, 0.15) is 17.0 Å². The van der Waals surface area contributed by atoms with Crippen molar-refractivity contribution in [2.45, 2.75) is 40.9 Å². The second-order valence-electron chi connectivity index (χ2n) is 7.74. The number of aromatic nitrogens is 1. The maximum Gasteiger partial charge on any atom is 0.326 e. The molecule has 2 aliphatic rings. The smallest absolute Gasteiger partial charge is 0.326 e. The summed E-state index contributed by atoms with van der Waals surface area (Å²) in [6, 6.07) is 4.82. The Kier molecular flexibility index (Phi) is 5.47. The van der Waals surface area contributed by atoms with Crippen LogP contribution in [0.3, 0.4) is 0 Å². The van der Waals surface area contributed by atoms with E-state index in [1.807, 2.05) is 0 Å². The normalized spacial score (nSPS) is 22.4. The van der Waals surface area contributed by atoms with E-state index in [-0.39, 0.29) is 28.0 Å². The predicted octanol–water partition coefficient (Wildman–Crippen LogP) is 3.09. The lowest BCUT2D eigenvalue weighted by atomic mass is 9.95. The van der Waals surface area contributed by atoms with Gasteiger partial charge in [0.05, 0.1) is 20.6 Å². The molecule has 0 radical (unpaired) electrons. The van der Waals surface area contributed by atoms with Crippen LogP contribution in [0.2, 0.25) is 10.2 Å². The number of carboxylic acids is 1. The van der Waals surface area contributed by atoms with Crippen molar-refractivity contribution in [1.29, 1.82) is 0 Å². The molecule has 164 valence electrons. The minimum Gasteiger partial charge on any atom is -0.480 e. The van der Waals surface area contributed by atoms with E-state index in [1.54, 1.807) is 12.1 Å². The van der Waals surface area contributed by atoms with Gasteiger partial charge in [-0.05, 0) is 49.1 Å². The number of hydrogen-bond donors (Lipinski definition) is 1. The molecule has 0 spiro atoms. The fourth-order valence-corrected chi connectivity index (χ4v) is 6.39. The molecule has 7 nitrogen and oxygen atoms in total. The van der Waals surface area contributed by atoms with E-state index in [1.165, 1.54) is 6.20 Å². The van der Waals surface area contributed by atoms with Crippen LogP contribution in [0.5, 0.6) is 0 Å². The predicted molar refractivity (Wildman–Crippen MR) is 110 cm³/mol. The molecule has 31 heavy (non-hydrogen) atoms. The highest BCUT2D eigenvalue weighted by molar-refractivity contribution is 7.92. The number of pyridine rings is 1. The van der Waals surface area contributed by atoms with Gasteiger partial charge in [-0.3, -0.25) is 4.79 Å². The largest absolute Gasteiger partial charge is 0.480 e. The van der Waals surface area contributed by atoms with Crippen LogP contribution >= 0.6 is 23.2 Å². The quantitative estimate of drug-likeness (QED) is 0.514. The molecule has 2 fully saturated rings. The van der Waals surface area contributed by atoms with Gasteiger partial charge in [0.25, 0.3) is 0 Å². The number of hydrogen-bond acceptors (Lipinski definition) is 5. The van der Waals surface area contributed by atoms with E-state index < -0.39 is 44.2 Å². The Labute approximate surface area is 187 Å². The average Bonchev–Trinajstić information content (AvgIpc) is 3.37. The number of sulfone groups is 1. The maximum atomic E-state index is 13.4. The first-order chi connectivity index (χ1) is 14.6. The van der Waals surface area contributed by atoms with Gasteiger partial charge >= 0.3 is 5.97 Å². The van der Waals surface area contributed by atoms with Gasteiger partial charge < -0.3 is 10.0 Å². The molecule has 4 rings (SSSR count). The van der Waals surface area contributed by atoms with E-state index in [4.69, 9.17) is 23.2 Å². The number of aliphatic carboxylic acids is 1. The van der Waals surface area contributed by atoms with Crippen molar-refractivity contribution in [3.63, 3.8) is 0 Å². The molecule has 0 unspecified atom stereocenters. The van der Waals surface area contributed by atoms with E-state index in [0.29, 0.717) is 18.4 Å². The number of halogens is 3. The molecule has 1 amide bonds. The maximum absolute atomic E-state index is 13.4. The monoisotopic (exact) mass is 486 g/mol. The van der Waals surface area contributed by atoms with Crippen LogP contribution in [0.4, 0.5) is 4.39 Å². The molecule has 2 aromatic rings. The van der Waals surface area contributed by atoms with Crippen LogP contribution in [-0.2, 0) is 24.8 Å². The van der Waals surface area contributed by atoms with Crippen LogP contribution in [0.15, 0.2) is 41.4 Å². The molecule has 1 aromatic heterocycles. The van der Waals surface area contributed by atoms with Gasteiger partial charge in [0.2, 0.25) is 5.91 Å². The Bertz CT molecular complexity index is 1170. The van der Waals surface area contributed by atoms with E-state index in [0.717, 1.165) is 23.1 Å². The zero-order valence-corrected chi connectivity index (χ0v) is 18.3. The first-order valence-electron chi connectivity index (χ1n) is 9.41. The number of amides is 1. The topological polar surface area (TPSA) is 105 Å². The number of rotatable bonds is 5. The lowest BCUT2D eigenvalue weighted by molar-refractivity contribution is -0.149. The lowest BCUT2D eigenvalue weighted by Crippen LogP contribution is -2.46. The van der Waals surface area contributed by atoms with Crippen molar-refractivity contribution < 1.29 is 27.5 Å². The molecule has 0 bridgehead atoms. The molecule has 2 heterocycles. The fourth-order valence-electron chi connectivity index (χ4n) is 4.05. The van der Waals surface area contributed by atoms with Gasteiger partial charge in [0, 0.05) is 12.7 Å². The number of carbonyl (C=O) groups excluding carboxylic acids is 1. The zero-order valence-electron chi connectivity index (χ0n) is 16.0. The summed E-state index contributed by atoms with van der Waals surface area (Å²) in [6.45, 7) is -0.297. The lowest BCUT2D eigenvalue weighted by Gasteiger charge is -2.27. The number of carboxylic acid groups (broad SMARTS) is 1. The zero-order chi connectivity index (χ0) is 22.6. The summed E-state index contributed by atoms with van der Waals surface area (Å²) in [4.78, 5) is 30.1. The average molecular weight is 487 g/mol. The van der Waals surface area contributed by atoms with Gasteiger partial charge in [-0.25, -0.2) is 22.6 Å². The van der Waals surface area contributed by atoms with Crippen molar-refractivity contribution in [2.75, 3.05) is 6.54 Å². The number of likely N-dealkylation sites (tertiary alicyclic amines) is 1. The summed E-state index contributed by atoms with van der Waals surface area (Å²) in [5.74, 6) is -2.43. The van der Waals surface area contributed by atoms with Gasteiger partial charge in [-0.15, -0.1) is 0 Å². The third-order valence-electron chi connectivity index (χ3n) is 5.89. The van der Waals surface area contributed by atoms with Crippen molar-refractivity contribution in [3.05, 3.63) is 58.1 Å². The molecule has 1 saturated heterocycles. The van der Waals surface area contributed by atoms with Gasteiger partial charge in [0.15, 0.2) is 9.84 Å². The molecule has 1 aliphatic heterocycles. The van der Waals surface area contributed by atoms with Crippen LogP contribution < -0.4 is 0 Å². The molecule has 1 aliphatic carbocycles. The summed E-state index contributed by atoms with van der Waals surface area (Å²) in [5.41, 5.74) is -0.323. The molecule has 1 saturated carbocycles. The SMILES string of the molecule is O=C(O)[C@@H]1C[C@@H](S(=O)(=O)c2ccc(F)cc2Cl)CN1C(=O)C1(c2ccc(Cl)nc2)CC1. The van der Waals surface area contributed by atoms with Crippen LogP contribution in [0, 0.1) is 5.82 Å². The van der Waals surface area contributed by atoms with Crippen molar-refractivity contribution in [3.8, 4) is 0 Å². The van der Waals surface area contributed by atoms with Crippen molar-refractivity contribution >= 4 is 44.9 Å². The summed E-state index contributed by atoms with van der Waals surface area (Å²) in [5, 5.41) is 8.47. The molecule has 2 atom stereocenters. The summed E-state index contributed by atoms with van der Waals surface area (Å²) < 4.78 is 39.6. The fraction of sp³-hybridized carbons (Fsp3) is 0.350. The first kappa shape index (κ1) is 22.0. The Morgan fingerprint density at radius 2 is 1.90 bits per heavy atom. The summed E-state index contributed by atoms with van der Waals surface area (Å²) in [7, 11) is -4.10. The minimum absolute atomic E-state index is 0.263. The minimum atomic E-state index is -4.10. The molecular weight excluding hydrogens is 470 g/mol. The second kappa shape index (κ2) is 7.72. The highest BCUT2D eigenvalue weighted by atomic mass is 35.5. The van der Waals surface area contributed by atoms with Crippen LogP contribution in [0.25, 0.3) is 0 Å². The summed E-state index contributed by atoms with van der Waals surface area (Å²) in [6.07, 6.45) is 2.19.